The molecule has 5 atom stereocenters. The quantitative estimate of drug-likeness (QED) is 0.847. The first-order chi connectivity index (χ1) is 11.7. The molecule has 4 aliphatic heterocycles. The number of likely N-dealkylation sites (tertiary alicyclic amines) is 1. The van der Waals surface area contributed by atoms with E-state index in [1.165, 1.54) is 6.07 Å². The third kappa shape index (κ3) is 2.26. The van der Waals surface area contributed by atoms with E-state index in [0.29, 0.717) is 28.9 Å². The molecule has 0 radical (unpaired) electrons. The predicted octanol–water partition coefficient (Wildman–Crippen LogP) is 3.18. The first kappa shape index (κ1) is 15.0. The maximum absolute atomic E-state index is 14.0. The molecule has 6 heteroatoms. The number of carbonyl (C=O) groups excluding carboxylic acids is 1. The van der Waals surface area contributed by atoms with E-state index in [4.69, 9.17) is 4.74 Å². The number of urea groups is 1. The Morgan fingerprint density at radius 2 is 1.96 bits per heavy atom. The second-order valence-electron chi connectivity index (χ2n) is 7.32. The lowest BCUT2D eigenvalue weighted by atomic mass is 9.82. The lowest BCUT2D eigenvalue weighted by Crippen LogP contribution is -2.42. The largest absolute Gasteiger partial charge is 0.374 e. The van der Waals surface area contributed by atoms with E-state index in [9.17, 15) is 9.18 Å². The fourth-order valence-corrected chi connectivity index (χ4v) is 6.04. The highest BCUT2D eigenvalue weighted by atomic mass is 32.2. The number of nitrogens with zero attached hydrogens (tertiary/aromatic N) is 1. The third-order valence-electron chi connectivity index (χ3n) is 6.06. The molecule has 2 bridgehead atoms. The number of hydrogen-bond acceptors (Lipinski definition) is 3. The highest BCUT2D eigenvalue weighted by Gasteiger charge is 2.53. The van der Waals surface area contributed by atoms with Crippen molar-refractivity contribution in [1.82, 2.24) is 10.2 Å². The summed E-state index contributed by atoms with van der Waals surface area (Å²) in [6, 6.07) is 5.07. The Morgan fingerprint density at radius 3 is 2.71 bits per heavy atom. The molecule has 3 saturated heterocycles. The van der Waals surface area contributed by atoms with Gasteiger partial charge in [0, 0.05) is 35.6 Å². The van der Waals surface area contributed by atoms with Gasteiger partial charge in [-0.15, -0.1) is 11.8 Å². The van der Waals surface area contributed by atoms with E-state index < -0.39 is 0 Å². The molecule has 0 unspecified atom stereocenters. The number of nitrogens with one attached hydrogen (secondary N) is 1. The minimum Gasteiger partial charge on any atom is -0.374 e. The molecule has 5 rings (SSSR count). The monoisotopic (exact) mass is 348 g/mol. The van der Waals surface area contributed by atoms with Crippen molar-refractivity contribution in [2.24, 2.45) is 11.8 Å². The van der Waals surface area contributed by atoms with Crippen LogP contribution in [-0.4, -0.2) is 42.0 Å². The van der Waals surface area contributed by atoms with E-state index in [0.717, 1.165) is 43.7 Å². The van der Waals surface area contributed by atoms with E-state index >= 15 is 0 Å². The molecule has 0 aromatic heterocycles. The summed E-state index contributed by atoms with van der Waals surface area (Å²) in [5, 5.41) is 3.15. The fourth-order valence-electron chi connectivity index (χ4n) is 4.90. The molecule has 4 aliphatic rings. The molecule has 1 aromatic rings. The molecule has 2 amide bonds. The van der Waals surface area contributed by atoms with Crippen molar-refractivity contribution >= 4 is 17.8 Å². The zero-order valence-corrected chi connectivity index (χ0v) is 14.2. The van der Waals surface area contributed by atoms with Crippen LogP contribution in [0.4, 0.5) is 9.18 Å². The normalized spacial score (nSPS) is 36.5. The zero-order valence-electron chi connectivity index (χ0n) is 13.4. The third-order valence-corrected chi connectivity index (χ3v) is 7.22. The summed E-state index contributed by atoms with van der Waals surface area (Å²) in [5.74, 6) is 1.69. The molecular weight excluding hydrogens is 327 g/mol. The van der Waals surface area contributed by atoms with Gasteiger partial charge in [-0.25, -0.2) is 9.18 Å². The van der Waals surface area contributed by atoms with Crippen LogP contribution in [0.15, 0.2) is 23.1 Å². The lowest BCUT2D eigenvalue weighted by Gasteiger charge is -2.28. The van der Waals surface area contributed by atoms with Gasteiger partial charge in [0.2, 0.25) is 0 Å². The number of halogens is 1. The molecule has 0 spiro atoms. The molecule has 3 fully saturated rings. The molecule has 1 N–H and O–H groups in total. The second-order valence-corrected chi connectivity index (χ2v) is 8.43. The highest BCUT2D eigenvalue weighted by molar-refractivity contribution is 7.99. The van der Waals surface area contributed by atoms with Crippen LogP contribution in [0.3, 0.4) is 0 Å². The average molecular weight is 348 g/mol. The molecule has 4 heterocycles. The molecular formula is C18H21FN2O2S. The van der Waals surface area contributed by atoms with Gasteiger partial charge in [0.15, 0.2) is 0 Å². The van der Waals surface area contributed by atoms with Crippen molar-refractivity contribution < 1.29 is 13.9 Å². The summed E-state index contributed by atoms with van der Waals surface area (Å²) in [7, 11) is 0. The van der Waals surface area contributed by atoms with Crippen molar-refractivity contribution in [2.75, 3.05) is 18.8 Å². The number of thioether (sulfide) groups is 1. The van der Waals surface area contributed by atoms with Crippen LogP contribution < -0.4 is 5.32 Å². The molecule has 4 nitrogen and oxygen atoms in total. The van der Waals surface area contributed by atoms with Gasteiger partial charge in [-0.1, -0.05) is 12.1 Å². The van der Waals surface area contributed by atoms with E-state index in [1.54, 1.807) is 17.8 Å². The van der Waals surface area contributed by atoms with Crippen molar-refractivity contribution in [2.45, 2.75) is 42.4 Å². The van der Waals surface area contributed by atoms with Crippen LogP contribution in [-0.2, 0) is 4.74 Å². The van der Waals surface area contributed by atoms with Gasteiger partial charge in [0.25, 0.3) is 0 Å². The average Bonchev–Trinajstić information content (AvgIpc) is 3.29. The van der Waals surface area contributed by atoms with Crippen LogP contribution >= 0.6 is 11.8 Å². The molecule has 24 heavy (non-hydrogen) atoms. The number of amides is 2. The smallest absolute Gasteiger partial charge is 0.317 e. The summed E-state index contributed by atoms with van der Waals surface area (Å²) in [5.41, 5.74) is 0.919. The summed E-state index contributed by atoms with van der Waals surface area (Å²) in [6.45, 7) is 1.60. The number of carbonyl (C=O) groups is 1. The van der Waals surface area contributed by atoms with Gasteiger partial charge >= 0.3 is 6.03 Å². The van der Waals surface area contributed by atoms with Gasteiger partial charge < -0.3 is 15.0 Å². The minimum absolute atomic E-state index is 0.00379. The van der Waals surface area contributed by atoms with Crippen LogP contribution in [0.5, 0.6) is 0 Å². The number of benzene rings is 1. The van der Waals surface area contributed by atoms with Crippen LogP contribution in [0, 0.1) is 17.7 Å². The Labute approximate surface area is 145 Å². The summed E-state index contributed by atoms with van der Waals surface area (Å²) >= 11 is 1.54. The lowest BCUT2D eigenvalue weighted by molar-refractivity contribution is 0.0737. The molecule has 0 saturated carbocycles. The zero-order chi connectivity index (χ0) is 16.3. The van der Waals surface area contributed by atoms with Crippen molar-refractivity contribution in [3.05, 3.63) is 29.6 Å². The Hall–Kier alpha value is -1.27. The van der Waals surface area contributed by atoms with Gasteiger partial charge in [-0.05, 0) is 30.9 Å². The number of hydrogen-bond donors (Lipinski definition) is 1. The van der Waals surface area contributed by atoms with Crippen molar-refractivity contribution in [1.29, 1.82) is 0 Å². The van der Waals surface area contributed by atoms with E-state index in [1.807, 2.05) is 11.0 Å². The summed E-state index contributed by atoms with van der Waals surface area (Å²) < 4.78 is 19.9. The fraction of sp³-hybridized carbons (Fsp3) is 0.611. The number of fused-ring (bicyclic) bond motifs is 6. The second kappa shape index (κ2) is 5.63. The predicted molar refractivity (Wildman–Crippen MR) is 89.5 cm³/mol. The van der Waals surface area contributed by atoms with Gasteiger partial charge in [0.1, 0.15) is 5.82 Å². The summed E-state index contributed by atoms with van der Waals surface area (Å²) in [4.78, 5) is 15.4. The molecule has 0 aliphatic carbocycles. The highest BCUT2D eigenvalue weighted by Crippen LogP contribution is 2.47. The molecule has 1 aromatic carbocycles. The Kier molecular flexibility index (Phi) is 3.52. The summed E-state index contributed by atoms with van der Waals surface area (Å²) in [6.07, 6.45) is 3.86. The van der Waals surface area contributed by atoms with Crippen molar-refractivity contribution in [3.8, 4) is 0 Å². The molecule has 128 valence electrons. The Balaban J connectivity index is 1.30. The van der Waals surface area contributed by atoms with E-state index in [-0.39, 0.29) is 17.9 Å². The van der Waals surface area contributed by atoms with Crippen molar-refractivity contribution in [3.63, 3.8) is 0 Å². The SMILES string of the molecule is O=C(N[C@@H]1CCSc2c(F)cccc21)N1C[C@H]2[C@H](C1)[C@H]1CC[C@H]2O1. The standard InChI is InChI=1S/C18H21FN2O2S/c19-13-3-1-2-10-14(6-7-24-17(10)13)20-18(22)21-8-11-12(9-21)16-5-4-15(11)23-16/h1-3,11-12,14-16H,4-9H2,(H,20,22)/t11-,12-,14+,15+,16+/m0/s1. The Bertz CT molecular complexity index is 667. The van der Waals surface area contributed by atoms with Crippen LogP contribution in [0.1, 0.15) is 30.9 Å². The number of ether oxygens (including phenoxy) is 1. The number of rotatable bonds is 1. The first-order valence-electron chi connectivity index (χ1n) is 8.83. The maximum atomic E-state index is 14.0. The first-order valence-corrected chi connectivity index (χ1v) is 9.81. The van der Waals surface area contributed by atoms with Crippen LogP contribution in [0.25, 0.3) is 0 Å². The maximum Gasteiger partial charge on any atom is 0.317 e. The van der Waals surface area contributed by atoms with Crippen LogP contribution in [0.2, 0.25) is 0 Å². The topological polar surface area (TPSA) is 41.6 Å². The Morgan fingerprint density at radius 1 is 1.21 bits per heavy atom. The minimum atomic E-state index is -0.180. The van der Waals surface area contributed by atoms with E-state index in [2.05, 4.69) is 5.32 Å². The van der Waals surface area contributed by atoms with Gasteiger partial charge in [0.05, 0.1) is 18.2 Å². The van der Waals surface area contributed by atoms with Gasteiger partial charge in [-0.2, -0.15) is 0 Å². The van der Waals surface area contributed by atoms with Gasteiger partial charge in [-0.3, -0.25) is 0 Å².